The van der Waals surface area contributed by atoms with Gasteiger partial charge in [-0.1, -0.05) is 12.1 Å². The predicted molar refractivity (Wildman–Crippen MR) is 103 cm³/mol. The van der Waals surface area contributed by atoms with Crippen molar-refractivity contribution in [3.63, 3.8) is 0 Å². The molecule has 8 nitrogen and oxygen atoms in total. The number of esters is 1. The van der Waals surface area contributed by atoms with E-state index in [0.29, 0.717) is 38.0 Å². The number of amides is 2. The molecule has 150 valence electrons. The number of hydrogen-bond donors (Lipinski definition) is 1. The molecule has 0 atom stereocenters. The van der Waals surface area contributed by atoms with Gasteiger partial charge in [-0.3, -0.25) is 14.4 Å². The van der Waals surface area contributed by atoms with Gasteiger partial charge in [0, 0.05) is 18.8 Å². The van der Waals surface area contributed by atoms with E-state index in [0.717, 1.165) is 5.56 Å². The van der Waals surface area contributed by atoms with Crippen LogP contribution in [-0.2, 0) is 20.7 Å². The Bertz CT molecular complexity index is 891. The molecule has 0 aliphatic carbocycles. The third kappa shape index (κ3) is 5.45. The highest BCUT2D eigenvalue weighted by molar-refractivity contribution is 5.93. The van der Waals surface area contributed by atoms with E-state index in [4.69, 9.17) is 14.4 Å². The lowest BCUT2D eigenvalue weighted by Crippen LogP contribution is -2.40. The molecule has 1 saturated heterocycles. The van der Waals surface area contributed by atoms with E-state index in [9.17, 15) is 14.4 Å². The molecular weight excluding hydrogens is 374 g/mol. The fourth-order valence-electron chi connectivity index (χ4n) is 3.12. The zero-order chi connectivity index (χ0) is 20.6. The zero-order valence-corrected chi connectivity index (χ0v) is 15.8. The first kappa shape index (κ1) is 20.1. The lowest BCUT2D eigenvalue weighted by Gasteiger charge is -2.30. The summed E-state index contributed by atoms with van der Waals surface area (Å²) in [4.78, 5) is 38.1. The van der Waals surface area contributed by atoms with Crippen LogP contribution in [0.2, 0.25) is 0 Å². The van der Waals surface area contributed by atoms with E-state index in [1.165, 1.54) is 6.26 Å². The number of hydrogen-bond acceptors (Lipinski definition) is 6. The summed E-state index contributed by atoms with van der Waals surface area (Å²) in [6.45, 7) is 0.491. The highest BCUT2D eigenvalue weighted by Crippen LogP contribution is 2.20. The number of likely N-dealkylation sites (tertiary alicyclic amines) is 1. The van der Waals surface area contributed by atoms with Crippen molar-refractivity contribution in [2.24, 2.45) is 5.92 Å². The molecule has 0 bridgehead atoms. The molecular formula is C21H21N3O5. The van der Waals surface area contributed by atoms with Crippen LogP contribution >= 0.6 is 0 Å². The number of nitriles is 1. The number of benzene rings is 1. The van der Waals surface area contributed by atoms with E-state index in [1.807, 2.05) is 0 Å². The minimum atomic E-state index is -0.436. The van der Waals surface area contributed by atoms with E-state index < -0.39 is 11.9 Å². The van der Waals surface area contributed by atoms with Crippen molar-refractivity contribution in [3.8, 4) is 6.07 Å². The molecule has 1 N–H and O–H groups in total. The Morgan fingerprint density at radius 2 is 1.90 bits per heavy atom. The molecule has 0 radical (unpaired) electrons. The van der Waals surface area contributed by atoms with Gasteiger partial charge in [-0.15, -0.1) is 0 Å². The van der Waals surface area contributed by atoms with Crippen molar-refractivity contribution in [2.75, 3.05) is 25.0 Å². The Morgan fingerprint density at radius 1 is 1.17 bits per heavy atom. The van der Waals surface area contributed by atoms with Crippen molar-refractivity contribution in [2.45, 2.75) is 19.3 Å². The molecule has 1 fully saturated rings. The van der Waals surface area contributed by atoms with Gasteiger partial charge in [-0.25, -0.2) is 0 Å². The number of carbonyl (C=O) groups is 3. The molecule has 29 heavy (non-hydrogen) atoms. The molecule has 0 unspecified atom stereocenters. The smallest absolute Gasteiger partial charge is 0.309 e. The normalized spacial score (nSPS) is 14.1. The molecule has 2 amide bonds. The van der Waals surface area contributed by atoms with Crippen LogP contribution in [0.1, 0.15) is 29.0 Å². The number of furan rings is 1. The molecule has 2 aromatic rings. The first-order valence-corrected chi connectivity index (χ1v) is 9.32. The van der Waals surface area contributed by atoms with E-state index in [-0.39, 0.29) is 24.2 Å². The predicted octanol–water partition coefficient (Wildman–Crippen LogP) is 2.38. The first-order valence-electron chi connectivity index (χ1n) is 9.32. The second kappa shape index (κ2) is 9.55. The van der Waals surface area contributed by atoms with Crippen molar-refractivity contribution >= 4 is 23.5 Å². The molecule has 0 spiro atoms. The van der Waals surface area contributed by atoms with Crippen molar-refractivity contribution in [3.05, 3.63) is 54.0 Å². The summed E-state index contributed by atoms with van der Waals surface area (Å²) in [7, 11) is 0. The summed E-state index contributed by atoms with van der Waals surface area (Å²) in [6, 6.07) is 12.2. The van der Waals surface area contributed by atoms with Gasteiger partial charge in [-0.05, 0) is 42.7 Å². The lowest BCUT2D eigenvalue weighted by molar-refractivity contribution is -0.152. The number of nitrogens with one attached hydrogen (secondary N) is 1. The molecule has 8 heteroatoms. The van der Waals surface area contributed by atoms with Gasteiger partial charge in [0.05, 0.1) is 24.7 Å². The van der Waals surface area contributed by atoms with Crippen LogP contribution in [0, 0.1) is 17.2 Å². The first-order chi connectivity index (χ1) is 14.1. The highest BCUT2D eigenvalue weighted by Gasteiger charge is 2.29. The van der Waals surface area contributed by atoms with Crippen molar-refractivity contribution in [1.82, 2.24) is 4.90 Å². The number of anilines is 1. The highest BCUT2D eigenvalue weighted by atomic mass is 16.5. The Hall–Kier alpha value is -3.60. The summed E-state index contributed by atoms with van der Waals surface area (Å²) in [5.41, 5.74) is 1.42. The van der Waals surface area contributed by atoms with Crippen molar-refractivity contribution in [1.29, 1.82) is 5.26 Å². The Morgan fingerprint density at radius 3 is 2.52 bits per heavy atom. The maximum absolute atomic E-state index is 12.2. The van der Waals surface area contributed by atoms with Gasteiger partial charge in [0.25, 0.3) is 11.8 Å². The van der Waals surface area contributed by atoms with Gasteiger partial charge < -0.3 is 19.4 Å². The molecule has 1 aromatic heterocycles. The van der Waals surface area contributed by atoms with Crippen molar-refractivity contribution < 1.29 is 23.5 Å². The van der Waals surface area contributed by atoms with Crippen LogP contribution in [-0.4, -0.2) is 42.4 Å². The largest absolute Gasteiger partial charge is 0.459 e. The fraction of sp³-hybridized carbons (Fsp3) is 0.333. The van der Waals surface area contributed by atoms with Crippen LogP contribution in [0.4, 0.5) is 5.69 Å². The molecule has 1 aliphatic heterocycles. The topological polar surface area (TPSA) is 113 Å². The standard InChI is InChI=1S/C21H21N3O5/c22-10-7-15-3-5-17(6-4-15)23-19(25)14-29-21(27)16-8-11-24(12-9-16)20(26)18-2-1-13-28-18/h1-6,13,16H,7-9,11-12,14H2,(H,23,25). The van der Waals surface area contributed by atoms with E-state index in [1.54, 1.807) is 41.3 Å². The van der Waals surface area contributed by atoms with Gasteiger partial charge in [0.15, 0.2) is 12.4 Å². The number of piperidine rings is 1. The number of ether oxygens (including phenoxy) is 1. The molecule has 1 aromatic carbocycles. The monoisotopic (exact) mass is 395 g/mol. The summed E-state index contributed by atoms with van der Waals surface area (Å²) >= 11 is 0. The van der Waals surface area contributed by atoms with Gasteiger partial charge in [0.1, 0.15) is 0 Å². The summed E-state index contributed by atoms with van der Waals surface area (Å²) < 4.78 is 10.2. The SMILES string of the molecule is N#CCc1ccc(NC(=O)COC(=O)C2CCN(C(=O)c3ccco3)CC2)cc1. The maximum Gasteiger partial charge on any atom is 0.309 e. The van der Waals surface area contributed by atoms with Gasteiger partial charge >= 0.3 is 5.97 Å². The molecule has 0 saturated carbocycles. The van der Waals surface area contributed by atoms with Crippen LogP contribution in [0.3, 0.4) is 0 Å². The minimum absolute atomic E-state index is 0.193. The second-order valence-corrected chi connectivity index (χ2v) is 6.73. The Balaban J connectivity index is 1.40. The molecule has 2 heterocycles. The van der Waals surface area contributed by atoms with Gasteiger partial charge in [0.2, 0.25) is 0 Å². The van der Waals surface area contributed by atoms with Gasteiger partial charge in [-0.2, -0.15) is 5.26 Å². The zero-order valence-electron chi connectivity index (χ0n) is 15.8. The lowest BCUT2D eigenvalue weighted by atomic mass is 9.97. The average Bonchev–Trinajstić information content (AvgIpc) is 3.28. The van der Waals surface area contributed by atoms with Crippen LogP contribution in [0.25, 0.3) is 0 Å². The van der Waals surface area contributed by atoms with E-state index in [2.05, 4.69) is 11.4 Å². The van der Waals surface area contributed by atoms with Crippen LogP contribution in [0.15, 0.2) is 47.1 Å². The molecule has 1 aliphatic rings. The Labute approximate surface area is 168 Å². The third-order valence-electron chi connectivity index (χ3n) is 4.71. The third-order valence-corrected chi connectivity index (χ3v) is 4.71. The minimum Gasteiger partial charge on any atom is -0.459 e. The number of nitrogens with zero attached hydrogens (tertiary/aromatic N) is 2. The summed E-state index contributed by atoms with van der Waals surface area (Å²) in [5, 5.41) is 11.3. The summed E-state index contributed by atoms with van der Waals surface area (Å²) in [5.74, 6) is -1.12. The number of carbonyl (C=O) groups excluding carboxylic acids is 3. The number of rotatable bonds is 6. The maximum atomic E-state index is 12.2. The van der Waals surface area contributed by atoms with E-state index >= 15 is 0 Å². The quantitative estimate of drug-likeness (QED) is 0.752. The summed E-state index contributed by atoms with van der Waals surface area (Å²) in [6.07, 6.45) is 2.71. The average molecular weight is 395 g/mol. The Kier molecular flexibility index (Phi) is 6.63. The van der Waals surface area contributed by atoms with Crippen LogP contribution < -0.4 is 5.32 Å². The second-order valence-electron chi connectivity index (χ2n) is 6.73. The van der Waals surface area contributed by atoms with Crippen LogP contribution in [0.5, 0.6) is 0 Å². The molecule has 3 rings (SSSR count). The fourth-order valence-corrected chi connectivity index (χ4v) is 3.12.